The first-order valence-electron chi connectivity index (χ1n) is 11.8. The van der Waals surface area contributed by atoms with E-state index in [-0.39, 0.29) is 21.1 Å². The maximum absolute atomic E-state index is 5.13. The maximum Gasteiger partial charge on any atom is 0.0615 e. The van der Waals surface area contributed by atoms with Gasteiger partial charge < -0.3 is 9.80 Å². The Morgan fingerprint density at radius 2 is 1.49 bits per heavy atom. The SMILES string of the molecule is [Pt].[c-]1ccccc1N1C=CN(c2ccccc2-c2cccc(-c3[c-]ccc4c3sc3ccccc34)n2)[CH-]1. The predicted molar refractivity (Wildman–Crippen MR) is 151 cm³/mol. The van der Waals surface area contributed by atoms with Crippen molar-refractivity contribution in [2.75, 3.05) is 9.80 Å². The maximum atomic E-state index is 5.13. The molecular weight excluding hydrogens is 654 g/mol. The van der Waals surface area contributed by atoms with Gasteiger partial charge in [0.2, 0.25) is 0 Å². The number of rotatable bonds is 4. The molecule has 0 bridgehead atoms. The molecule has 6 aromatic rings. The van der Waals surface area contributed by atoms with Crippen molar-refractivity contribution in [1.82, 2.24) is 4.98 Å². The van der Waals surface area contributed by atoms with E-state index < -0.39 is 0 Å². The average molecular weight is 674 g/mol. The smallest absolute Gasteiger partial charge is 0.0615 e. The zero-order chi connectivity index (χ0) is 23.9. The minimum Gasteiger partial charge on any atom is -0.500 e. The Morgan fingerprint density at radius 3 is 2.41 bits per heavy atom. The molecule has 0 atom stereocenters. The van der Waals surface area contributed by atoms with Crippen molar-refractivity contribution in [3.05, 3.63) is 134 Å². The number of hydrogen-bond donors (Lipinski definition) is 0. The number of thiophene rings is 1. The number of anilines is 2. The number of nitrogens with zero attached hydrogens (tertiary/aromatic N) is 3. The van der Waals surface area contributed by atoms with Crippen molar-refractivity contribution in [2.45, 2.75) is 0 Å². The number of fused-ring (bicyclic) bond motifs is 3. The van der Waals surface area contributed by atoms with Gasteiger partial charge in [-0.1, -0.05) is 53.9 Å². The molecule has 0 radical (unpaired) electrons. The average Bonchev–Trinajstić information content (AvgIpc) is 3.59. The predicted octanol–water partition coefficient (Wildman–Crippen LogP) is 8.30. The van der Waals surface area contributed by atoms with Gasteiger partial charge in [0.1, 0.15) is 0 Å². The van der Waals surface area contributed by atoms with E-state index in [2.05, 4.69) is 108 Å². The fourth-order valence-electron chi connectivity index (χ4n) is 4.70. The molecule has 3 heterocycles. The van der Waals surface area contributed by atoms with Crippen molar-refractivity contribution in [3.8, 4) is 22.5 Å². The van der Waals surface area contributed by atoms with Crippen LogP contribution < -0.4 is 9.80 Å². The minimum atomic E-state index is 0. The molecule has 5 heteroatoms. The summed E-state index contributed by atoms with van der Waals surface area (Å²) in [6.45, 7) is 2.07. The van der Waals surface area contributed by atoms with E-state index in [0.717, 1.165) is 33.9 Å². The number of hydrogen-bond acceptors (Lipinski definition) is 4. The van der Waals surface area contributed by atoms with Crippen LogP contribution in [-0.4, -0.2) is 4.98 Å². The molecule has 1 aliphatic rings. The molecule has 37 heavy (non-hydrogen) atoms. The van der Waals surface area contributed by atoms with Gasteiger partial charge in [-0.25, -0.2) is 0 Å². The number of benzene rings is 4. The molecule has 0 amide bonds. The van der Waals surface area contributed by atoms with Crippen LogP contribution in [0.5, 0.6) is 0 Å². The summed E-state index contributed by atoms with van der Waals surface area (Å²) in [6.07, 6.45) is 4.11. The Hall–Kier alpha value is -3.72. The third-order valence-corrected chi connectivity index (χ3v) is 7.61. The van der Waals surface area contributed by atoms with Crippen LogP contribution in [0.4, 0.5) is 11.4 Å². The molecule has 182 valence electrons. The van der Waals surface area contributed by atoms with Crippen LogP contribution in [0.3, 0.4) is 0 Å². The normalized spacial score (nSPS) is 12.9. The van der Waals surface area contributed by atoms with Gasteiger partial charge in [-0.3, -0.25) is 4.98 Å². The number of para-hydroxylation sites is 2. The van der Waals surface area contributed by atoms with Crippen LogP contribution in [0.15, 0.2) is 116 Å². The molecule has 1 aliphatic heterocycles. The van der Waals surface area contributed by atoms with Crippen LogP contribution in [0, 0.1) is 18.8 Å². The van der Waals surface area contributed by atoms with Crippen LogP contribution in [0.2, 0.25) is 0 Å². The Balaban J connectivity index is 0.00000252. The first-order valence-corrected chi connectivity index (χ1v) is 12.6. The third kappa shape index (κ3) is 4.27. The summed E-state index contributed by atoms with van der Waals surface area (Å²) in [7, 11) is 0. The summed E-state index contributed by atoms with van der Waals surface area (Å²) in [6, 6.07) is 42.1. The van der Waals surface area contributed by atoms with Crippen LogP contribution in [0.25, 0.3) is 42.7 Å². The second kappa shape index (κ2) is 9.97. The molecule has 4 aromatic carbocycles. The van der Waals surface area contributed by atoms with Gasteiger partial charge in [0.05, 0.1) is 5.69 Å². The van der Waals surface area contributed by atoms with E-state index in [0.29, 0.717) is 0 Å². The van der Waals surface area contributed by atoms with E-state index in [1.165, 1.54) is 20.2 Å². The van der Waals surface area contributed by atoms with Crippen LogP contribution in [0.1, 0.15) is 0 Å². The molecule has 0 spiro atoms. The number of aromatic nitrogens is 1. The summed E-state index contributed by atoms with van der Waals surface area (Å²) in [5, 5.41) is 2.54. The van der Waals surface area contributed by atoms with Crippen LogP contribution >= 0.6 is 11.3 Å². The van der Waals surface area contributed by atoms with E-state index >= 15 is 0 Å². The molecule has 3 nitrogen and oxygen atoms in total. The van der Waals surface area contributed by atoms with Crippen LogP contribution in [-0.2, 0) is 21.1 Å². The third-order valence-electron chi connectivity index (χ3n) is 6.41. The van der Waals surface area contributed by atoms with Crippen molar-refractivity contribution in [1.29, 1.82) is 0 Å². The summed E-state index contributed by atoms with van der Waals surface area (Å²) < 4.78 is 2.51. The topological polar surface area (TPSA) is 19.4 Å². The molecule has 7 rings (SSSR count). The molecule has 0 unspecified atom stereocenters. The van der Waals surface area contributed by atoms with Gasteiger partial charge in [0, 0.05) is 37.0 Å². The van der Waals surface area contributed by atoms with E-state index in [9.17, 15) is 0 Å². The molecule has 0 fully saturated rings. The molecule has 0 saturated heterocycles. The second-order valence-electron chi connectivity index (χ2n) is 8.59. The van der Waals surface area contributed by atoms with Crippen molar-refractivity contribution in [2.24, 2.45) is 0 Å². The van der Waals surface area contributed by atoms with Gasteiger partial charge in [-0.05, 0) is 46.4 Å². The van der Waals surface area contributed by atoms with Gasteiger partial charge in [-0.15, -0.1) is 36.1 Å². The van der Waals surface area contributed by atoms with E-state index in [4.69, 9.17) is 4.98 Å². The Bertz CT molecular complexity index is 1740. The molecule has 0 N–H and O–H groups in total. The van der Waals surface area contributed by atoms with Gasteiger partial charge in [-0.2, -0.15) is 41.7 Å². The first kappa shape index (κ1) is 23.7. The molecular formula is C32H20N3PtS-3. The van der Waals surface area contributed by atoms with Crippen molar-refractivity contribution in [3.63, 3.8) is 0 Å². The van der Waals surface area contributed by atoms with Gasteiger partial charge in [0.15, 0.2) is 0 Å². The Kier molecular flexibility index (Phi) is 6.38. The summed E-state index contributed by atoms with van der Waals surface area (Å²) in [4.78, 5) is 9.33. The molecule has 0 aliphatic carbocycles. The Morgan fingerprint density at radius 1 is 0.676 bits per heavy atom. The van der Waals surface area contributed by atoms with Gasteiger partial charge >= 0.3 is 0 Å². The first-order chi connectivity index (χ1) is 17.8. The summed E-state index contributed by atoms with van der Waals surface area (Å²) in [5.74, 6) is 0. The fourth-order valence-corrected chi connectivity index (χ4v) is 5.91. The monoisotopic (exact) mass is 673 g/mol. The fraction of sp³-hybridized carbons (Fsp3) is 0. The van der Waals surface area contributed by atoms with E-state index in [1.54, 1.807) is 11.3 Å². The zero-order valence-electron chi connectivity index (χ0n) is 19.6. The minimum absolute atomic E-state index is 0. The standard InChI is InChI=1S/C32H20N3S.Pt/c1-2-10-23(11-3-1)34-20-21-35(22-34)30-18-6-4-13-26(30)28-16-9-17-29(33-28)27-15-8-14-25-24-12-5-7-19-31(24)36-32(25)27;/h1-10,12-14,16-22H;/q-3;. The molecule has 2 aromatic heterocycles. The summed E-state index contributed by atoms with van der Waals surface area (Å²) >= 11 is 1.80. The largest absolute Gasteiger partial charge is 0.500 e. The zero-order valence-corrected chi connectivity index (χ0v) is 22.7. The summed E-state index contributed by atoms with van der Waals surface area (Å²) in [5.41, 5.74) is 6.05. The van der Waals surface area contributed by atoms with E-state index in [1.807, 2.05) is 36.5 Å². The quantitative estimate of drug-likeness (QED) is 0.176. The van der Waals surface area contributed by atoms with Gasteiger partial charge in [0.25, 0.3) is 0 Å². The second-order valence-corrected chi connectivity index (χ2v) is 9.65. The Labute approximate surface area is 234 Å². The van der Waals surface area contributed by atoms with Crippen molar-refractivity contribution < 1.29 is 21.1 Å². The number of pyridine rings is 1. The van der Waals surface area contributed by atoms with Crippen molar-refractivity contribution >= 4 is 42.9 Å². The molecule has 0 saturated carbocycles.